The third-order valence-corrected chi connectivity index (χ3v) is 7.33. The van der Waals surface area contributed by atoms with Crippen LogP contribution in [0.4, 0.5) is 20.2 Å². The average molecular weight is 556 g/mol. The van der Waals surface area contributed by atoms with Crippen molar-refractivity contribution < 1.29 is 8.78 Å². The Morgan fingerprint density at radius 1 is 1.10 bits per heavy atom. The Kier molecular flexibility index (Phi) is 7.08. The molecule has 11 heteroatoms. The summed E-state index contributed by atoms with van der Waals surface area (Å²) >= 11 is 0. The molecule has 1 aliphatic rings. The van der Waals surface area contributed by atoms with Crippen molar-refractivity contribution in [3.05, 3.63) is 70.4 Å². The summed E-state index contributed by atoms with van der Waals surface area (Å²) in [7, 11) is 0. The summed E-state index contributed by atoms with van der Waals surface area (Å²) < 4.78 is 29.0. The molecule has 1 aliphatic carbocycles. The third kappa shape index (κ3) is 5.40. The van der Waals surface area contributed by atoms with Gasteiger partial charge in [-0.3, -0.25) is 9.97 Å². The van der Waals surface area contributed by atoms with E-state index in [1.807, 2.05) is 32.0 Å². The zero-order valence-electron chi connectivity index (χ0n) is 23.6. The summed E-state index contributed by atoms with van der Waals surface area (Å²) in [5.41, 5.74) is 3.75. The Hall–Kier alpha value is -4.64. The van der Waals surface area contributed by atoms with E-state index in [-0.39, 0.29) is 5.41 Å². The molecule has 4 aromatic rings. The van der Waals surface area contributed by atoms with Crippen LogP contribution in [0.5, 0.6) is 0 Å². The number of aromatic nitrogens is 5. The molecule has 2 N–H and O–H groups in total. The molecule has 0 saturated heterocycles. The lowest BCUT2D eigenvalue weighted by molar-refractivity contribution is 0.0593. The van der Waals surface area contributed by atoms with Gasteiger partial charge in [0, 0.05) is 40.8 Å². The average Bonchev–Trinajstić information content (AvgIpc) is 3.60. The topological polar surface area (TPSA) is 128 Å². The highest BCUT2D eigenvalue weighted by Crippen LogP contribution is 2.48. The van der Waals surface area contributed by atoms with Gasteiger partial charge in [0.25, 0.3) is 6.43 Å². The molecule has 9 nitrogen and oxygen atoms in total. The van der Waals surface area contributed by atoms with Crippen molar-refractivity contribution in [3.63, 3.8) is 0 Å². The Bertz CT molecular complexity index is 1700. The number of anilines is 2. The molecule has 0 bridgehead atoms. The minimum atomic E-state index is -2.55. The quantitative estimate of drug-likeness (QED) is 0.271. The second-order valence-corrected chi connectivity index (χ2v) is 11.8. The summed E-state index contributed by atoms with van der Waals surface area (Å²) in [4.78, 5) is 9.02. The Balaban J connectivity index is 1.63. The van der Waals surface area contributed by atoms with Gasteiger partial charge in [-0.1, -0.05) is 32.1 Å². The maximum absolute atomic E-state index is 13.8. The minimum Gasteiger partial charge on any atom is -0.383 e. The van der Waals surface area contributed by atoms with E-state index >= 15 is 0 Å². The fourth-order valence-electron chi connectivity index (χ4n) is 4.88. The van der Waals surface area contributed by atoms with E-state index in [1.54, 1.807) is 12.3 Å². The van der Waals surface area contributed by atoms with E-state index in [1.165, 1.54) is 10.9 Å². The lowest BCUT2D eigenvalue weighted by atomic mass is 9.96. The van der Waals surface area contributed by atoms with Crippen LogP contribution in [0, 0.1) is 41.9 Å². The SMILES string of the molecule is Cc1ccc([C@H](Nc2cc(C#N)c3ncc(C#N)c(NCC(C)(C)C)c3c2)c2cn(C3(C(F)F)CC3)nn2)c(C)n1. The van der Waals surface area contributed by atoms with Crippen LogP contribution < -0.4 is 10.6 Å². The maximum atomic E-state index is 13.8. The standard InChI is InChI=1S/C30H31F2N9/c1-17-6-7-22(18(2)37-17)27(24-15-41(40-39-24)30(8-9-30)28(31)32)38-21-10-19(12-33)25-23(11-21)26(20(13-34)14-35-25)36-16-29(3,4)5/h6-7,10-11,14-15,27-28,38H,8-9,16H2,1-5H3,(H,35,36)/t27-/m0/s1. The molecule has 0 radical (unpaired) electrons. The van der Waals surface area contributed by atoms with Gasteiger partial charge in [0.05, 0.1) is 34.6 Å². The highest BCUT2D eigenvalue weighted by atomic mass is 19.3. The van der Waals surface area contributed by atoms with Gasteiger partial charge in [0.15, 0.2) is 0 Å². The number of benzene rings is 1. The van der Waals surface area contributed by atoms with E-state index in [2.05, 4.69) is 63.8 Å². The van der Waals surface area contributed by atoms with Crippen LogP contribution in [0.15, 0.2) is 36.7 Å². The van der Waals surface area contributed by atoms with Gasteiger partial charge in [0.2, 0.25) is 0 Å². The molecule has 210 valence electrons. The first-order chi connectivity index (χ1) is 19.5. The first-order valence-corrected chi connectivity index (χ1v) is 13.4. The predicted molar refractivity (Wildman–Crippen MR) is 152 cm³/mol. The molecular formula is C30H31F2N9. The summed E-state index contributed by atoms with van der Waals surface area (Å²) in [6.07, 6.45) is 1.16. The number of rotatable bonds is 8. The van der Waals surface area contributed by atoms with E-state index in [0.29, 0.717) is 58.5 Å². The smallest absolute Gasteiger partial charge is 0.263 e. The molecule has 0 unspecified atom stereocenters. The number of nitrogens with one attached hydrogen (secondary N) is 2. The Morgan fingerprint density at radius 3 is 2.44 bits per heavy atom. The number of hydrogen-bond acceptors (Lipinski definition) is 8. The minimum absolute atomic E-state index is 0.0692. The van der Waals surface area contributed by atoms with Crippen LogP contribution >= 0.6 is 0 Å². The van der Waals surface area contributed by atoms with E-state index in [4.69, 9.17) is 0 Å². The zero-order chi connectivity index (χ0) is 29.5. The molecule has 41 heavy (non-hydrogen) atoms. The summed E-state index contributed by atoms with van der Waals surface area (Å²) in [5, 5.41) is 35.7. The first kappa shape index (κ1) is 27.9. The molecule has 3 aromatic heterocycles. The summed E-state index contributed by atoms with van der Waals surface area (Å²) in [6.45, 7) is 10.6. The normalized spacial score (nSPS) is 14.9. The number of hydrogen-bond donors (Lipinski definition) is 2. The number of aryl methyl sites for hydroxylation is 2. The highest BCUT2D eigenvalue weighted by Gasteiger charge is 2.54. The van der Waals surface area contributed by atoms with Crippen molar-refractivity contribution in [3.8, 4) is 12.1 Å². The number of fused-ring (bicyclic) bond motifs is 1. The molecule has 1 aromatic carbocycles. The van der Waals surface area contributed by atoms with Crippen molar-refractivity contribution in [1.29, 1.82) is 10.5 Å². The van der Waals surface area contributed by atoms with Crippen molar-refractivity contribution in [2.75, 3.05) is 17.2 Å². The van der Waals surface area contributed by atoms with Crippen LogP contribution in [-0.4, -0.2) is 37.9 Å². The highest BCUT2D eigenvalue weighted by molar-refractivity contribution is 5.99. The molecule has 1 atom stereocenters. The largest absolute Gasteiger partial charge is 0.383 e. The molecule has 0 aliphatic heterocycles. The summed E-state index contributed by atoms with van der Waals surface area (Å²) in [6, 6.07) is 11.1. The van der Waals surface area contributed by atoms with Gasteiger partial charge in [0.1, 0.15) is 23.4 Å². The molecule has 5 rings (SSSR count). The molecular weight excluding hydrogens is 524 g/mol. The second kappa shape index (κ2) is 10.4. The molecule has 0 amide bonds. The van der Waals surface area contributed by atoms with E-state index < -0.39 is 18.0 Å². The first-order valence-electron chi connectivity index (χ1n) is 13.4. The van der Waals surface area contributed by atoms with Gasteiger partial charge in [-0.25, -0.2) is 13.5 Å². The number of nitriles is 2. The number of nitrogens with zero attached hydrogens (tertiary/aromatic N) is 7. The lowest BCUT2D eigenvalue weighted by Crippen LogP contribution is -2.26. The third-order valence-electron chi connectivity index (χ3n) is 7.33. The van der Waals surface area contributed by atoms with Crippen LogP contribution in [0.2, 0.25) is 0 Å². The molecule has 1 saturated carbocycles. The number of halogens is 2. The summed E-state index contributed by atoms with van der Waals surface area (Å²) in [5.74, 6) is 0. The van der Waals surface area contributed by atoms with E-state index in [9.17, 15) is 19.3 Å². The number of alkyl halides is 2. The van der Waals surface area contributed by atoms with Crippen LogP contribution in [0.1, 0.15) is 73.4 Å². The monoisotopic (exact) mass is 555 g/mol. The second-order valence-electron chi connectivity index (χ2n) is 11.8. The van der Waals surface area contributed by atoms with E-state index in [0.717, 1.165) is 17.0 Å². The van der Waals surface area contributed by atoms with Crippen molar-refractivity contribution in [1.82, 2.24) is 25.0 Å². The van der Waals surface area contributed by atoms with Gasteiger partial charge >= 0.3 is 0 Å². The van der Waals surface area contributed by atoms with Crippen molar-refractivity contribution in [2.45, 2.75) is 65.5 Å². The number of pyridine rings is 2. The van der Waals surface area contributed by atoms with Crippen LogP contribution in [0.25, 0.3) is 10.9 Å². The fraction of sp³-hybridized carbons (Fsp3) is 0.400. The molecule has 1 fully saturated rings. The van der Waals surface area contributed by atoms with Gasteiger partial charge in [-0.2, -0.15) is 10.5 Å². The molecule has 0 spiro atoms. The molecule has 3 heterocycles. The fourth-order valence-corrected chi connectivity index (χ4v) is 4.88. The van der Waals surface area contributed by atoms with Gasteiger partial charge in [-0.05, 0) is 50.3 Å². The lowest BCUT2D eigenvalue weighted by Gasteiger charge is -2.23. The van der Waals surface area contributed by atoms with Gasteiger partial charge in [-0.15, -0.1) is 5.10 Å². The zero-order valence-corrected chi connectivity index (χ0v) is 23.6. The maximum Gasteiger partial charge on any atom is 0.263 e. The van der Waals surface area contributed by atoms with Crippen LogP contribution in [0.3, 0.4) is 0 Å². The van der Waals surface area contributed by atoms with Gasteiger partial charge < -0.3 is 10.6 Å². The van der Waals surface area contributed by atoms with Crippen molar-refractivity contribution >= 4 is 22.3 Å². The predicted octanol–water partition coefficient (Wildman–Crippen LogP) is 6.00. The van der Waals surface area contributed by atoms with Crippen LogP contribution in [-0.2, 0) is 5.54 Å². The Morgan fingerprint density at radius 2 is 1.83 bits per heavy atom. The van der Waals surface area contributed by atoms with Crippen molar-refractivity contribution in [2.24, 2.45) is 5.41 Å². The Labute approximate surface area is 237 Å².